The van der Waals surface area contributed by atoms with Gasteiger partial charge < -0.3 is 5.32 Å². The molecule has 2 unspecified atom stereocenters. The van der Waals surface area contributed by atoms with Gasteiger partial charge in [-0.25, -0.2) is 13.1 Å². The van der Waals surface area contributed by atoms with Gasteiger partial charge in [0.15, 0.2) is 0 Å². The van der Waals surface area contributed by atoms with Gasteiger partial charge in [0, 0.05) is 18.3 Å². The molecule has 2 atom stereocenters. The van der Waals surface area contributed by atoms with Gasteiger partial charge in [0.1, 0.15) is 0 Å². The summed E-state index contributed by atoms with van der Waals surface area (Å²) in [5.74, 6) is 0.473. The number of anilines is 1. The number of rotatable bonds is 3. The van der Waals surface area contributed by atoms with Crippen LogP contribution in [0.4, 0.5) is 5.69 Å². The molecule has 0 radical (unpaired) electrons. The first-order chi connectivity index (χ1) is 8.06. The average Bonchev–Trinajstić information content (AvgIpc) is 2.81. The molecule has 0 bridgehead atoms. The van der Waals surface area contributed by atoms with Gasteiger partial charge in [-0.3, -0.25) is 0 Å². The van der Waals surface area contributed by atoms with Gasteiger partial charge >= 0.3 is 0 Å². The lowest BCUT2D eigenvalue weighted by atomic mass is 10.2. The summed E-state index contributed by atoms with van der Waals surface area (Å²) < 4.78 is 26.9. The summed E-state index contributed by atoms with van der Waals surface area (Å²) in [6.07, 6.45) is 1.85. The number of benzene rings is 1. The zero-order valence-corrected chi connectivity index (χ0v) is 10.5. The highest BCUT2D eigenvalue weighted by Gasteiger charge is 2.36. The Morgan fingerprint density at radius 3 is 2.88 bits per heavy atom. The largest absolute Gasteiger partial charge is 0.384 e. The Labute approximate surface area is 101 Å². The normalized spacial score (nSPS) is 26.4. The van der Waals surface area contributed by atoms with Crippen LogP contribution in [0.1, 0.15) is 18.9 Å². The second-order valence-corrected chi connectivity index (χ2v) is 6.65. The fourth-order valence-electron chi connectivity index (χ4n) is 2.20. The Morgan fingerprint density at radius 2 is 2.18 bits per heavy atom. The fourth-order valence-corrected chi connectivity index (χ4v) is 3.61. The predicted molar refractivity (Wildman–Crippen MR) is 66.5 cm³/mol. The quantitative estimate of drug-likeness (QED) is 0.853. The smallest absolute Gasteiger partial charge is 0.240 e. The van der Waals surface area contributed by atoms with E-state index in [1.54, 1.807) is 12.1 Å². The zero-order valence-electron chi connectivity index (χ0n) is 9.73. The van der Waals surface area contributed by atoms with E-state index in [0.29, 0.717) is 10.8 Å². The molecule has 17 heavy (non-hydrogen) atoms. The molecule has 1 aliphatic carbocycles. The molecule has 0 amide bonds. The molecule has 4 nitrogen and oxygen atoms in total. The zero-order chi connectivity index (χ0) is 12.0. The lowest BCUT2D eigenvalue weighted by molar-refractivity contribution is 0.578. The molecule has 0 spiro atoms. The second-order valence-electron chi connectivity index (χ2n) is 4.94. The Balaban J connectivity index is 1.88. The van der Waals surface area contributed by atoms with Gasteiger partial charge in [-0.2, -0.15) is 0 Å². The maximum absolute atomic E-state index is 12.1. The summed E-state index contributed by atoms with van der Waals surface area (Å²) in [6, 6.07) is 5.44. The predicted octanol–water partition coefficient (Wildman–Crippen LogP) is 1.34. The van der Waals surface area contributed by atoms with E-state index in [4.69, 9.17) is 0 Å². The van der Waals surface area contributed by atoms with Crippen molar-refractivity contribution in [1.29, 1.82) is 0 Å². The summed E-state index contributed by atoms with van der Waals surface area (Å²) in [6.45, 7) is 2.95. The maximum atomic E-state index is 12.1. The summed E-state index contributed by atoms with van der Waals surface area (Å²) in [4.78, 5) is 0.388. The third kappa shape index (κ3) is 2.05. The van der Waals surface area contributed by atoms with E-state index in [0.717, 1.165) is 30.6 Å². The highest BCUT2D eigenvalue weighted by atomic mass is 32.2. The maximum Gasteiger partial charge on any atom is 0.240 e. The minimum Gasteiger partial charge on any atom is -0.384 e. The Kier molecular flexibility index (Phi) is 2.41. The third-order valence-electron chi connectivity index (χ3n) is 3.51. The van der Waals surface area contributed by atoms with E-state index in [1.807, 2.05) is 6.07 Å². The monoisotopic (exact) mass is 252 g/mol. The Morgan fingerprint density at radius 1 is 1.41 bits per heavy atom. The first-order valence-electron chi connectivity index (χ1n) is 5.95. The summed E-state index contributed by atoms with van der Waals surface area (Å²) in [7, 11) is -3.33. The SMILES string of the molecule is CC1CC1NS(=O)(=O)c1ccc2c(c1)CCN2. The van der Waals surface area contributed by atoms with Crippen LogP contribution in [0.2, 0.25) is 0 Å². The van der Waals surface area contributed by atoms with Crippen LogP contribution < -0.4 is 10.0 Å². The summed E-state index contributed by atoms with van der Waals surface area (Å²) >= 11 is 0. The van der Waals surface area contributed by atoms with Gasteiger partial charge in [-0.1, -0.05) is 6.92 Å². The number of sulfonamides is 1. The standard InChI is InChI=1S/C12H16N2O2S/c1-8-6-12(8)14-17(15,16)10-2-3-11-9(7-10)4-5-13-11/h2-3,7-8,12-14H,4-6H2,1H3. The van der Waals surface area contributed by atoms with Crippen LogP contribution in [0.5, 0.6) is 0 Å². The lowest BCUT2D eigenvalue weighted by Gasteiger charge is -2.07. The van der Waals surface area contributed by atoms with E-state index in [9.17, 15) is 8.42 Å². The molecule has 5 heteroatoms. The minimum atomic E-state index is -3.33. The van der Waals surface area contributed by atoms with Crippen LogP contribution in [0.25, 0.3) is 0 Å². The first kappa shape index (κ1) is 11.0. The highest BCUT2D eigenvalue weighted by Crippen LogP contribution is 2.31. The molecule has 1 fully saturated rings. The van der Waals surface area contributed by atoms with Crippen molar-refractivity contribution in [3.8, 4) is 0 Å². The Bertz CT molecular complexity index is 554. The van der Waals surface area contributed by atoms with Gasteiger partial charge in [0.05, 0.1) is 4.90 Å². The van der Waals surface area contributed by atoms with Crippen LogP contribution in [-0.4, -0.2) is 21.0 Å². The first-order valence-corrected chi connectivity index (χ1v) is 7.44. The van der Waals surface area contributed by atoms with Crippen molar-refractivity contribution in [3.05, 3.63) is 23.8 Å². The fraction of sp³-hybridized carbons (Fsp3) is 0.500. The molecule has 1 saturated carbocycles. The molecule has 0 saturated heterocycles. The molecule has 1 aromatic rings. The second kappa shape index (κ2) is 3.71. The van der Waals surface area contributed by atoms with E-state index in [-0.39, 0.29) is 6.04 Å². The number of hydrogen-bond acceptors (Lipinski definition) is 3. The van der Waals surface area contributed by atoms with Crippen molar-refractivity contribution in [2.24, 2.45) is 5.92 Å². The van der Waals surface area contributed by atoms with Gasteiger partial charge in [0.25, 0.3) is 0 Å². The van der Waals surface area contributed by atoms with Crippen LogP contribution in [0.3, 0.4) is 0 Å². The third-order valence-corrected chi connectivity index (χ3v) is 5.00. The molecule has 3 rings (SSSR count). The molecule has 2 N–H and O–H groups in total. The molecule has 1 aromatic carbocycles. The van der Waals surface area contributed by atoms with Crippen molar-refractivity contribution >= 4 is 15.7 Å². The van der Waals surface area contributed by atoms with E-state index < -0.39 is 10.0 Å². The summed E-state index contributed by atoms with van der Waals surface area (Å²) in [5, 5.41) is 3.22. The topological polar surface area (TPSA) is 58.2 Å². The molecular weight excluding hydrogens is 236 g/mol. The molecular formula is C12H16N2O2S. The molecule has 0 aromatic heterocycles. The van der Waals surface area contributed by atoms with Crippen molar-refractivity contribution in [1.82, 2.24) is 4.72 Å². The van der Waals surface area contributed by atoms with Crippen molar-refractivity contribution in [2.45, 2.75) is 30.7 Å². The molecule has 2 aliphatic rings. The molecule has 1 heterocycles. The highest BCUT2D eigenvalue weighted by molar-refractivity contribution is 7.89. The van der Waals surface area contributed by atoms with Gasteiger partial charge in [-0.15, -0.1) is 0 Å². The number of fused-ring (bicyclic) bond motifs is 1. The van der Waals surface area contributed by atoms with Gasteiger partial charge in [-0.05, 0) is 42.5 Å². The van der Waals surface area contributed by atoms with Crippen LogP contribution >= 0.6 is 0 Å². The van der Waals surface area contributed by atoms with Crippen molar-refractivity contribution < 1.29 is 8.42 Å². The van der Waals surface area contributed by atoms with Crippen molar-refractivity contribution in [2.75, 3.05) is 11.9 Å². The van der Waals surface area contributed by atoms with Crippen LogP contribution in [0.15, 0.2) is 23.1 Å². The van der Waals surface area contributed by atoms with E-state index in [1.165, 1.54) is 0 Å². The molecule has 92 valence electrons. The number of nitrogens with one attached hydrogen (secondary N) is 2. The lowest BCUT2D eigenvalue weighted by Crippen LogP contribution is -2.26. The minimum absolute atomic E-state index is 0.131. The summed E-state index contributed by atoms with van der Waals surface area (Å²) in [5.41, 5.74) is 2.15. The van der Waals surface area contributed by atoms with Crippen LogP contribution in [0, 0.1) is 5.92 Å². The number of hydrogen-bond donors (Lipinski definition) is 2. The average molecular weight is 252 g/mol. The Hall–Kier alpha value is -1.07. The van der Waals surface area contributed by atoms with E-state index in [2.05, 4.69) is 17.0 Å². The molecule has 1 aliphatic heterocycles. The van der Waals surface area contributed by atoms with Crippen molar-refractivity contribution in [3.63, 3.8) is 0 Å². The van der Waals surface area contributed by atoms with Crippen LogP contribution in [-0.2, 0) is 16.4 Å². The van der Waals surface area contributed by atoms with Gasteiger partial charge in [0.2, 0.25) is 10.0 Å². The van der Waals surface area contributed by atoms with E-state index >= 15 is 0 Å².